The Balaban J connectivity index is 2.00. The fourth-order valence-corrected chi connectivity index (χ4v) is 3.48. The molecule has 2 rings (SSSR count). The number of hydrazone groups is 1. The molecule has 12 N–H and O–H groups in total. The molecule has 0 aliphatic rings. The summed E-state index contributed by atoms with van der Waals surface area (Å²) >= 11 is 0. The highest BCUT2D eigenvalue weighted by atomic mass is 16.2. The van der Waals surface area contributed by atoms with Gasteiger partial charge >= 0.3 is 0 Å². The van der Waals surface area contributed by atoms with Gasteiger partial charge in [-0.05, 0) is 29.5 Å². The molecular formula is C25H36N10O3. The van der Waals surface area contributed by atoms with Crippen LogP contribution in [0.25, 0.3) is 11.1 Å². The lowest BCUT2D eigenvalue weighted by Crippen LogP contribution is -2.48. The summed E-state index contributed by atoms with van der Waals surface area (Å²) in [6.45, 7) is 0.859. The summed E-state index contributed by atoms with van der Waals surface area (Å²) in [6.07, 6.45) is 1.32. The quantitative estimate of drug-likeness (QED) is 0.0539. The van der Waals surface area contributed by atoms with Crippen LogP contribution in [-0.4, -0.2) is 48.8 Å². The second kappa shape index (κ2) is 16.2. The molecule has 1 atom stereocenters. The molecule has 0 bridgehead atoms. The van der Waals surface area contributed by atoms with Crippen LogP contribution in [0.5, 0.6) is 0 Å². The number of amides is 3. The van der Waals surface area contributed by atoms with Crippen molar-refractivity contribution in [1.29, 1.82) is 0 Å². The summed E-state index contributed by atoms with van der Waals surface area (Å²) in [5.74, 6) is 8.82. The minimum absolute atomic E-state index is 0.0228. The normalized spacial score (nSPS) is 11.7. The van der Waals surface area contributed by atoms with Crippen molar-refractivity contribution < 1.29 is 14.4 Å². The van der Waals surface area contributed by atoms with Gasteiger partial charge in [0.15, 0.2) is 5.96 Å². The highest BCUT2D eigenvalue weighted by molar-refractivity contribution is 5.98. The molecule has 0 aliphatic carbocycles. The Morgan fingerprint density at radius 1 is 0.868 bits per heavy atom. The van der Waals surface area contributed by atoms with Gasteiger partial charge in [0.2, 0.25) is 23.7 Å². The Morgan fingerprint density at radius 2 is 1.53 bits per heavy atom. The monoisotopic (exact) mass is 524 g/mol. The summed E-state index contributed by atoms with van der Waals surface area (Å²) in [7, 11) is 0. The van der Waals surface area contributed by atoms with E-state index in [2.05, 4.69) is 31.5 Å². The van der Waals surface area contributed by atoms with Crippen LogP contribution in [0.3, 0.4) is 0 Å². The zero-order valence-corrected chi connectivity index (χ0v) is 21.2. The molecule has 0 saturated carbocycles. The summed E-state index contributed by atoms with van der Waals surface area (Å²) in [4.78, 5) is 41.4. The molecule has 13 nitrogen and oxygen atoms in total. The van der Waals surface area contributed by atoms with Crippen molar-refractivity contribution >= 4 is 29.6 Å². The molecule has 0 aliphatic heterocycles. The van der Waals surface area contributed by atoms with Crippen LogP contribution in [0.2, 0.25) is 0 Å². The Hall–Kier alpha value is -4.65. The summed E-state index contributed by atoms with van der Waals surface area (Å²) < 4.78 is 0. The van der Waals surface area contributed by atoms with Crippen molar-refractivity contribution in [3.63, 3.8) is 0 Å². The zero-order valence-electron chi connectivity index (χ0n) is 21.2. The molecule has 3 amide bonds. The molecule has 2 aromatic carbocycles. The smallest absolute Gasteiger partial charge is 0.242 e. The molecule has 13 heteroatoms. The van der Waals surface area contributed by atoms with Crippen LogP contribution in [-0.2, 0) is 20.8 Å². The van der Waals surface area contributed by atoms with Crippen molar-refractivity contribution in [1.82, 2.24) is 21.4 Å². The van der Waals surface area contributed by atoms with E-state index in [1.54, 1.807) is 0 Å². The maximum Gasteiger partial charge on any atom is 0.242 e. The number of guanidine groups is 2. The van der Waals surface area contributed by atoms with Gasteiger partial charge in [0.1, 0.15) is 6.04 Å². The van der Waals surface area contributed by atoms with Crippen molar-refractivity contribution in [3.05, 3.63) is 60.2 Å². The molecule has 0 heterocycles. The maximum atomic E-state index is 12.9. The molecule has 0 radical (unpaired) electrons. The van der Waals surface area contributed by atoms with Crippen molar-refractivity contribution in [3.8, 4) is 11.1 Å². The topological polar surface area (TPSA) is 228 Å². The Morgan fingerprint density at radius 3 is 2.16 bits per heavy atom. The first-order valence-corrected chi connectivity index (χ1v) is 12.1. The van der Waals surface area contributed by atoms with Crippen molar-refractivity contribution in [2.24, 2.45) is 33.2 Å². The molecule has 2 aromatic rings. The van der Waals surface area contributed by atoms with Gasteiger partial charge in [-0.3, -0.25) is 30.1 Å². The van der Waals surface area contributed by atoms with Crippen LogP contribution in [0.1, 0.15) is 31.2 Å². The van der Waals surface area contributed by atoms with E-state index in [0.717, 1.165) is 16.7 Å². The second-order valence-electron chi connectivity index (χ2n) is 8.36. The van der Waals surface area contributed by atoms with Crippen LogP contribution < -0.4 is 44.5 Å². The first-order valence-electron chi connectivity index (χ1n) is 12.1. The van der Waals surface area contributed by atoms with E-state index >= 15 is 0 Å². The standard InChI is InChI=1S/C25H36N10O3/c26-24(27)31-15-5-4-14-30-23(38)20(32-21(36)12-13-22(37)33-25(34-28)35-29)16-17-8-10-19(11-9-17)18-6-2-1-3-7-18/h1-3,6-11,20H,4-5,12-16,28-29H2,(H,30,38)(H,32,36)(H4,26,27,31)(H2,33,34,35,37)/t20-/m1/s1. The van der Waals surface area contributed by atoms with Crippen molar-refractivity contribution in [2.75, 3.05) is 13.1 Å². The van der Waals surface area contributed by atoms with Gasteiger partial charge in [-0.2, -0.15) is 0 Å². The molecule has 0 fully saturated rings. The number of hydrogen-bond acceptors (Lipinski definition) is 7. The predicted octanol–water partition coefficient (Wildman–Crippen LogP) is -0.860. The largest absolute Gasteiger partial charge is 0.370 e. The molecule has 0 saturated heterocycles. The number of aliphatic imine (C=N–C) groups is 1. The number of unbranched alkanes of at least 4 members (excludes halogenated alkanes) is 1. The van der Waals surface area contributed by atoms with Crippen LogP contribution in [0.4, 0.5) is 0 Å². The van der Waals surface area contributed by atoms with Gasteiger partial charge in [-0.1, -0.05) is 54.6 Å². The third-order valence-corrected chi connectivity index (χ3v) is 5.43. The number of nitrogens with two attached hydrogens (primary N) is 4. The highest BCUT2D eigenvalue weighted by Crippen LogP contribution is 2.19. The molecular weight excluding hydrogens is 488 g/mol. The lowest BCUT2D eigenvalue weighted by atomic mass is 10.00. The first-order chi connectivity index (χ1) is 18.3. The van der Waals surface area contributed by atoms with E-state index in [4.69, 9.17) is 23.2 Å². The zero-order chi connectivity index (χ0) is 27.8. The predicted molar refractivity (Wildman–Crippen MR) is 147 cm³/mol. The average molecular weight is 525 g/mol. The van der Waals surface area contributed by atoms with Crippen LogP contribution in [0, 0.1) is 0 Å². The SMILES string of the molecule is N/N=C(\NN)NC(=O)CCC(=O)N[C@H](Cc1ccc(-c2ccccc2)cc1)C(=O)NCCCCN=C(N)N. The van der Waals surface area contributed by atoms with Gasteiger partial charge in [-0.25, -0.2) is 5.84 Å². The fraction of sp³-hybridized carbons (Fsp3) is 0.320. The van der Waals surface area contributed by atoms with Gasteiger partial charge in [0.05, 0.1) is 0 Å². The Kier molecular flexibility index (Phi) is 12.6. The number of nitrogens with one attached hydrogen (secondary N) is 4. The minimum atomic E-state index is -0.835. The summed E-state index contributed by atoms with van der Waals surface area (Å²) in [5.41, 5.74) is 15.7. The molecule has 204 valence electrons. The number of carbonyl (C=O) groups is 3. The Labute approximate surface area is 221 Å². The highest BCUT2D eigenvalue weighted by Gasteiger charge is 2.21. The second-order valence-corrected chi connectivity index (χ2v) is 8.36. The number of benzene rings is 2. The number of nitrogens with zero attached hydrogens (tertiary/aromatic N) is 2. The summed E-state index contributed by atoms with van der Waals surface area (Å²) in [6, 6.07) is 16.9. The summed E-state index contributed by atoms with van der Waals surface area (Å²) in [5, 5.41) is 11.2. The molecule has 38 heavy (non-hydrogen) atoms. The third kappa shape index (κ3) is 11.0. The Bertz CT molecular complexity index is 1100. The molecule has 0 spiro atoms. The van der Waals surface area contributed by atoms with Gasteiger partial charge in [0.25, 0.3) is 0 Å². The van der Waals surface area contributed by atoms with Gasteiger partial charge in [0, 0.05) is 32.4 Å². The van der Waals surface area contributed by atoms with E-state index in [1.807, 2.05) is 54.6 Å². The molecule has 0 unspecified atom stereocenters. The van der Waals surface area contributed by atoms with E-state index in [9.17, 15) is 14.4 Å². The number of hydrazine groups is 1. The van der Waals surface area contributed by atoms with E-state index in [1.165, 1.54) is 0 Å². The van der Waals surface area contributed by atoms with E-state index in [-0.39, 0.29) is 37.1 Å². The van der Waals surface area contributed by atoms with Crippen LogP contribution in [0.15, 0.2) is 64.7 Å². The van der Waals surface area contributed by atoms with E-state index in [0.29, 0.717) is 25.9 Å². The lowest BCUT2D eigenvalue weighted by Gasteiger charge is -2.19. The average Bonchev–Trinajstić information content (AvgIpc) is 2.92. The first kappa shape index (κ1) is 29.6. The van der Waals surface area contributed by atoms with Gasteiger partial charge < -0.3 is 27.9 Å². The number of carbonyl (C=O) groups excluding carboxylic acids is 3. The third-order valence-electron chi connectivity index (χ3n) is 5.43. The van der Waals surface area contributed by atoms with Crippen molar-refractivity contribution in [2.45, 2.75) is 38.1 Å². The van der Waals surface area contributed by atoms with Gasteiger partial charge in [-0.15, -0.1) is 5.10 Å². The lowest BCUT2D eigenvalue weighted by molar-refractivity contribution is -0.130. The number of hydrogen-bond donors (Lipinski definition) is 8. The van der Waals surface area contributed by atoms with Crippen LogP contribution >= 0.6 is 0 Å². The maximum absolute atomic E-state index is 12.9. The minimum Gasteiger partial charge on any atom is -0.370 e. The van der Waals surface area contributed by atoms with E-state index < -0.39 is 17.9 Å². The number of rotatable bonds is 13. The fourth-order valence-electron chi connectivity index (χ4n) is 3.48. The molecule has 0 aromatic heterocycles.